The smallest absolute Gasteiger partial charge is 0.0393 e. The molecule has 1 aliphatic carbocycles. The van der Waals surface area contributed by atoms with Gasteiger partial charge in [0.05, 0.1) is 0 Å². The van der Waals surface area contributed by atoms with Gasteiger partial charge in [0.15, 0.2) is 0 Å². The maximum absolute atomic E-state index is 4.79. The summed E-state index contributed by atoms with van der Waals surface area (Å²) in [6.07, 6.45) is 17.2. The van der Waals surface area contributed by atoms with Gasteiger partial charge >= 0.3 is 0 Å². The highest BCUT2D eigenvalue weighted by Gasteiger charge is 2.09. The molecule has 1 fully saturated rings. The number of allylic oxidation sites excluding steroid dienone is 5. The Balaban J connectivity index is 1.44. The predicted octanol–water partition coefficient (Wildman–Crippen LogP) is 4.90. The van der Waals surface area contributed by atoms with Crippen LogP contribution in [0.15, 0.2) is 65.2 Å². The number of unbranched alkanes of at least 4 members (excludes halogenated alkanes) is 1. The van der Waals surface area contributed by atoms with Crippen molar-refractivity contribution < 1.29 is 0 Å². The van der Waals surface area contributed by atoms with Crippen LogP contribution in [0.25, 0.3) is 6.08 Å². The maximum atomic E-state index is 4.79. The molecule has 1 aliphatic heterocycles. The molecule has 2 nitrogen and oxygen atoms in total. The Morgan fingerprint density at radius 1 is 1.00 bits per heavy atom. The summed E-state index contributed by atoms with van der Waals surface area (Å²) < 4.78 is 0. The van der Waals surface area contributed by atoms with Crippen LogP contribution in [0.3, 0.4) is 0 Å². The van der Waals surface area contributed by atoms with Crippen LogP contribution in [0, 0.1) is 0 Å². The third-order valence-corrected chi connectivity index (χ3v) is 4.63. The van der Waals surface area contributed by atoms with E-state index in [0.29, 0.717) is 0 Å². The zero-order chi connectivity index (χ0) is 16.5. The fraction of sp³-hybridized carbons (Fsp3) is 0.409. The molecular weight excluding hydrogens is 292 g/mol. The first-order chi connectivity index (χ1) is 11.9. The SMILES string of the molecule is C1=CC(C=Cc2ccccc2)=CC(=NCCCCN2CCCC2)C1. The molecule has 24 heavy (non-hydrogen) atoms. The number of aliphatic imine (C=N–C) groups is 1. The van der Waals surface area contributed by atoms with Crippen LogP contribution < -0.4 is 0 Å². The topological polar surface area (TPSA) is 15.6 Å². The summed E-state index contributed by atoms with van der Waals surface area (Å²) in [5.41, 5.74) is 3.69. The minimum atomic E-state index is 0.962. The van der Waals surface area contributed by atoms with Crippen LogP contribution in [0.5, 0.6) is 0 Å². The van der Waals surface area contributed by atoms with E-state index < -0.39 is 0 Å². The molecule has 1 aromatic carbocycles. The van der Waals surface area contributed by atoms with Crippen LogP contribution in [0.2, 0.25) is 0 Å². The van der Waals surface area contributed by atoms with E-state index >= 15 is 0 Å². The zero-order valence-electron chi connectivity index (χ0n) is 14.5. The molecule has 3 rings (SSSR count). The monoisotopic (exact) mass is 320 g/mol. The average molecular weight is 320 g/mol. The first-order valence-electron chi connectivity index (χ1n) is 9.27. The van der Waals surface area contributed by atoms with Gasteiger partial charge in [0.1, 0.15) is 0 Å². The van der Waals surface area contributed by atoms with Gasteiger partial charge < -0.3 is 4.90 Å². The molecule has 1 saturated heterocycles. The van der Waals surface area contributed by atoms with Gasteiger partial charge in [-0.15, -0.1) is 0 Å². The Labute approximate surface area is 146 Å². The molecule has 0 aromatic heterocycles. The van der Waals surface area contributed by atoms with Crippen molar-refractivity contribution in [2.24, 2.45) is 4.99 Å². The summed E-state index contributed by atoms with van der Waals surface area (Å²) in [4.78, 5) is 7.38. The highest BCUT2D eigenvalue weighted by molar-refractivity contribution is 5.98. The van der Waals surface area contributed by atoms with Crippen LogP contribution in [0.1, 0.15) is 37.7 Å². The Kier molecular flexibility index (Phi) is 6.61. The lowest BCUT2D eigenvalue weighted by Crippen LogP contribution is -2.20. The number of hydrogen-bond donors (Lipinski definition) is 0. The predicted molar refractivity (Wildman–Crippen MR) is 105 cm³/mol. The first-order valence-corrected chi connectivity index (χ1v) is 9.27. The van der Waals surface area contributed by atoms with Gasteiger partial charge in [-0.2, -0.15) is 0 Å². The third-order valence-electron chi connectivity index (χ3n) is 4.63. The third kappa shape index (κ3) is 5.61. The van der Waals surface area contributed by atoms with Crippen molar-refractivity contribution in [1.29, 1.82) is 0 Å². The summed E-state index contributed by atoms with van der Waals surface area (Å²) in [7, 11) is 0. The Morgan fingerprint density at radius 2 is 1.83 bits per heavy atom. The van der Waals surface area contributed by atoms with E-state index in [1.807, 2.05) is 6.07 Å². The summed E-state index contributed by atoms with van der Waals surface area (Å²) in [5.74, 6) is 0. The highest BCUT2D eigenvalue weighted by atomic mass is 15.1. The molecule has 126 valence electrons. The van der Waals surface area contributed by atoms with Crippen molar-refractivity contribution in [2.75, 3.05) is 26.2 Å². The van der Waals surface area contributed by atoms with E-state index in [1.54, 1.807) is 0 Å². The van der Waals surface area contributed by atoms with Crippen molar-refractivity contribution in [2.45, 2.75) is 32.1 Å². The Bertz CT molecular complexity index is 617. The summed E-state index contributed by atoms with van der Waals surface area (Å²) in [6, 6.07) is 10.4. The van der Waals surface area contributed by atoms with Crippen molar-refractivity contribution >= 4 is 11.8 Å². The summed E-state index contributed by atoms with van der Waals surface area (Å²) in [6.45, 7) is 4.83. The van der Waals surface area contributed by atoms with Crippen molar-refractivity contribution in [1.82, 2.24) is 4.90 Å². The van der Waals surface area contributed by atoms with Crippen LogP contribution >= 0.6 is 0 Å². The minimum absolute atomic E-state index is 0.962. The van der Waals surface area contributed by atoms with E-state index in [9.17, 15) is 0 Å². The quantitative estimate of drug-likeness (QED) is 0.652. The molecule has 1 aromatic rings. The van der Waals surface area contributed by atoms with Crippen LogP contribution in [-0.2, 0) is 0 Å². The number of benzene rings is 1. The molecule has 0 atom stereocenters. The van der Waals surface area contributed by atoms with Gasteiger partial charge in [-0.1, -0.05) is 54.6 Å². The molecule has 0 amide bonds. The molecule has 2 aliphatic rings. The second-order valence-electron chi connectivity index (χ2n) is 6.62. The van der Waals surface area contributed by atoms with E-state index in [2.05, 4.69) is 59.5 Å². The van der Waals surface area contributed by atoms with Crippen molar-refractivity contribution in [3.05, 3.63) is 65.8 Å². The van der Waals surface area contributed by atoms with E-state index in [1.165, 1.54) is 62.2 Å². The number of rotatable bonds is 7. The normalized spacial score (nSPS) is 20.2. The summed E-state index contributed by atoms with van der Waals surface area (Å²) in [5, 5.41) is 0. The Morgan fingerprint density at radius 3 is 2.67 bits per heavy atom. The van der Waals surface area contributed by atoms with Crippen LogP contribution in [-0.4, -0.2) is 36.8 Å². The number of nitrogens with zero attached hydrogens (tertiary/aromatic N) is 2. The van der Waals surface area contributed by atoms with Crippen LogP contribution in [0.4, 0.5) is 0 Å². The zero-order valence-corrected chi connectivity index (χ0v) is 14.5. The maximum Gasteiger partial charge on any atom is 0.0393 e. The average Bonchev–Trinajstić information content (AvgIpc) is 3.14. The number of likely N-dealkylation sites (tertiary alicyclic amines) is 1. The standard InChI is InChI=1S/C22H28N2/c1-2-9-20(10-3-1)13-14-21-11-8-12-22(19-21)23-15-4-5-16-24-17-6-7-18-24/h1-3,8-11,13-14,19H,4-7,12,15-18H2. The molecule has 0 spiro atoms. The summed E-state index contributed by atoms with van der Waals surface area (Å²) >= 11 is 0. The number of hydrogen-bond acceptors (Lipinski definition) is 2. The lowest BCUT2D eigenvalue weighted by atomic mass is 10.0. The Hall–Kier alpha value is -1.93. The van der Waals surface area contributed by atoms with Gasteiger partial charge in [-0.3, -0.25) is 4.99 Å². The van der Waals surface area contributed by atoms with Gasteiger partial charge in [0.25, 0.3) is 0 Å². The first kappa shape index (κ1) is 16.9. The fourth-order valence-electron chi connectivity index (χ4n) is 3.26. The molecule has 0 bridgehead atoms. The molecule has 2 heteroatoms. The highest BCUT2D eigenvalue weighted by Crippen LogP contribution is 2.13. The van der Waals surface area contributed by atoms with Crippen molar-refractivity contribution in [3.63, 3.8) is 0 Å². The molecule has 0 saturated carbocycles. The minimum Gasteiger partial charge on any atom is -0.303 e. The molecular formula is C22H28N2. The van der Waals surface area contributed by atoms with E-state index in [0.717, 1.165) is 13.0 Å². The second-order valence-corrected chi connectivity index (χ2v) is 6.62. The lowest BCUT2D eigenvalue weighted by Gasteiger charge is -2.13. The van der Waals surface area contributed by atoms with E-state index in [-0.39, 0.29) is 0 Å². The molecule has 0 unspecified atom stereocenters. The van der Waals surface area contributed by atoms with Gasteiger partial charge in [0, 0.05) is 18.7 Å². The molecule has 1 heterocycles. The lowest BCUT2D eigenvalue weighted by molar-refractivity contribution is 0.331. The van der Waals surface area contributed by atoms with Gasteiger partial charge in [0.2, 0.25) is 0 Å². The second kappa shape index (κ2) is 9.39. The van der Waals surface area contributed by atoms with Gasteiger partial charge in [-0.25, -0.2) is 0 Å². The van der Waals surface area contributed by atoms with Crippen molar-refractivity contribution in [3.8, 4) is 0 Å². The largest absolute Gasteiger partial charge is 0.303 e. The molecule has 0 N–H and O–H groups in total. The van der Waals surface area contributed by atoms with E-state index in [4.69, 9.17) is 4.99 Å². The molecule has 0 radical (unpaired) electrons. The fourth-order valence-corrected chi connectivity index (χ4v) is 3.26. The van der Waals surface area contributed by atoms with Gasteiger partial charge in [-0.05, 0) is 62.5 Å².